The van der Waals surface area contributed by atoms with E-state index < -0.39 is 22.6 Å². The van der Waals surface area contributed by atoms with Crippen LogP contribution in [0.5, 0.6) is 0 Å². The van der Waals surface area contributed by atoms with E-state index in [1.54, 1.807) is 0 Å². The van der Waals surface area contributed by atoms with E-state index in [0.717, 1.165) is 6.20 Å². The molecule has 1 heterocycles. The second-order valence-corrected chi connectivity index (χ2v) is 3.31. The van der Waals surface area contributed by atoms with Crippen molar-refractivity contribution in [3.63, 3.8) is 0 Å². The Kier molecular flexibility index (Phi) is 3.10. The van der Waals surface area contributed by atoms with Gasteiger partial charge in [-0.3, -0.25) is 15.1 Å². The lowest BCUT2D eigenvalue weighted by molar-refractivity contribution is -0.386. The number of nitrogens with zero attached hydrogens (tertiary/aromatic N) is 2. The van der Waals surface area contributed by atoms with Gasteiger partial charge in [-0.15, -0.1) is 0 Å². The van der Waals surface area contributed by atoms with Crippen molar-refractivity contribution >= 4 is 21.6 Å². The number of alkyl halides is 2. The summed E-state index contributed by atoms with van der Waals surface area (Å²) < 4.78 is 24.4. The third-order valence-electron chi connectivity index (χ3n) is 1.62. The Balaban J connectivity index is 3.41. The fourth-order valence-corrected chi connectivity index (χ4v) is 1.65. The fourth-order valence-electron chi connectivity index (χ4n) is 0.944. The Bertz CT molecular complexity index is 384. The Morgan fingerprint density at radius 3 is 2.64 bits per heavy atom. The molecular formula is C7H5BrF2N2O2. The zero-order valence-corrected chi connectivity index (χ0v) is 8.59. The van der Waals surface area contributed by atoms with E-state index in [1.807, 2.05) is 0 Å². The number of pyridine rings is 1. The van der Waals surface area contributed by atoms with E-state index >= 15 is 0 Å². The highest BCUT2D eigenvalue weighted by Crippen LogP contribution is 2.35. The van der Waals surface area contributed by atoms with Crippen molar-refractivity contribution in [1.82, 2.24) is 4.98 Å². The molecule has 0 aliphatic rings. The average molecular weight is 267 g/mol. The molecule has 0 saturated carbocycles. The topological polar surface area (TPSA) is 56.0 Å². The van der Waals surface area contributed by atoms with Crippen LogP contribution in [0.15, 0.2) is 10.7 Å². The lowest BCUT2D eigenvalue weighted by Gasteiger charge is -2.04. The maximum Gasteiger partial charge on any atom is 0.304 e. The number of halogens is 3. The number of aryl methyl sites for hydroxylation is 1. The summed E-state index contributed by atoms with van der Waals surface area (Å²) in [5.74, 6) is 0. The number of nitro groups is 1. The minimum atomic E-state index is -2.78. The molecule has 0 bridgehead atoms. The molecule has 4 nitrogen and oxygen atoms in total. The van der Waals surface area contributed by atoms with Gasteiger partial charge in [0.25, 0.3) is 6.43 Å². The maximum atomic E-state index is 12.3. The molecule has 0 radical (unpaired) electrons. The normalized spacial score (nSPS) is 10.6. The van der Waals surface area contributed by atoms with Crippen molar-refractivity contribution < 1.29 is 13.7 Å². The maximum absolute atomic E-state index is 12.3. The number of hydrogen-bond donors (Lipinski definition) is 0. The van der Waals surface area contributed by atoms with Crippen molar-refractivity contribution in [2.75, 3.05) is 0 Å². The van der Waals surface area contributed by atoms with Crippen LogP contribution in [0.4, 0.5) is 14.5 Å². The van der Waals surface area contributed by atoms with Gasteiger partial charge < -0.3 is 0 Å². The second kappa shape index (κ2) is 3.95. The van der Waals surface area contributed by atoms with E-state index in [4.69, 9.17) is 0 Å². The lowest BCUT2D eigenvalue weighted by atomic mass is 10.2. The van der Waals surface area contributed by atoms with Gasteiger partial charge in [-0.25, -0.2) is 8.78 Å². The van der Waals surface area contributed by atoms with Crippen LogP contribution in [-0.4, -0.2) is 9.91 Å². The van der Waals surface area contributed by atoms with Crippen molar-refractivity contribution in [2.24, 2.45) is 0 Å². The molecule has 1 aromatic heterocycles. The van der Waals surface area contributed by atoms with Crippen LogP contribution >= 0.6 is 15.9 Å². The van der Waals surface area contributed by atoms with Gasteiger partial charge in [-0.1, -0.05) is 0 Å². The number of hydrogen-bond acceptors (Lipinski definition) is 3. The van der Waals surface area contributed by atoms with Crippen LogP contribution in [0, 0.1) is 17.0 Å². The van der Waals surface area contributed by atoms with E-state index in [1.165, 1.54) is 6.92 Å². The second-order valence-electron chi connectivity index (χ2n) is 2.52. The molecule has 14 heavy (non-hydrogen) atoms. The molecule has 0 N–H and O–H groups in total. The molecule has 0 atom stereocenters. The van der Waals surface area contributed by atoms with Gasteiger partial charge in [0.15, 0.2) is 0 Å². The van der Waals surface area contributed by atoms with Gasteiger partial charge in [0.05, 0.1) is 10.5 Å². The van der Waals surface area contributed by atoms with Crippen LogP contribution in [-0.2, 0) is 0 Å². The predicted octanol–water partition coefficient (Wildman–Crippen LogP) is 3.00. The predicted molar refractivity (Wildman–Crippen MR) is 48.3 cm³/mol. The minimum absolute atomic E-state index is 0.103. The van der Waals surface area contributed by atoms with Crippen LogP contribution in [0.25, 0.3) is 0 Å². The summed E-state index contributed by atoms with van der Waals surface area (Å²) in [5.41, 5.74) is -0.781. The summed E-state index contributed by atoms with van der Waals surface area (Å²) >= 11 is 2.77. The summed E-state index contributed by atoms with van der Waals surface area (Å²) in [4.78, 5) is 13.3. The van der Waals surface area contributed by atoms with E-state index in [9.17, 15) is 18.9 Å². The summed E-state index contributed by atoms with van der Waals surface area (Å²) in [6, 6.07) is 0. The Hall–Kier alpha value is -1.11. The van der Waals surface area contributed by atoms with Crippen molar-refractivity contribution in [3.05, 3.63) is 32.0 Å². The third kappa shape index (κ3) is 1.87. The molecule has 0 unspecified atom stereocenters. The van der Waals surface area contributed by atoms with Crippen LogP contribution in [0.1, 0.15) is 17.7 Å². The van der Waals surface area contributed by atoms with Crippen LogP contribution < -0.4 is 0 Å². The molecule has 0 spiro atoms. The van der Waals surface area contributed by atoms with Crippen LogP contribution in [0.2, 0.25) is 0 Å². The highest BCUT2D eigenvalue weighted by molar-refractivity contribution is 9.10. The van der Waals surface area contributed by atoms with E-state index in [0.29, 0.717) is 0 Å². The Morgan fingerprint density at radius 1 is 1.64 bits per heavy atom. The van der Waals surface area contributed by atoms with Gasteiger partial charge >= 0.3 is 5.69 Å². The zero-order chi connectivity index (χ0) is 10.9. The average Bonchev–Trinajstić information content (AvgIpc) is 2.02. The molecular weight excluding hydrogens is 262 g/mol. The quantitative estimate of drug-likeness (QED) is 0.611. The standard InChI is InChI=1S/C7H5BrF2N2O2/c1-3-6(12(13)14)5(8)4(2-11-3)7(9)10/h2,7H,1H3. The van der Waals surface area contributed by atoms with Crippen LogP contribution in [0.3, 0.4) is 0 Å². The smallest absolute Gasteiger partial charge is 0.258 e. The first-order chi connectivity index (χ1) is 6.45. The van der Waals surface area contributed by atoms with Crippen molar-refractivity contribution in [1.29, 1.82) is 0 Å². The SMILES string of the molecule is Cc1ncc(C(F)F)c(Br)c1[N+](=O)[O-]. The first-order valence-corrected chi connectivity index (χ1v) is 4.32. The summed E-state index contributed by atoms with van der Waals surface area (Å²) in [6.45, 7) is 1.39. The lowest BCUT2D eigenvalue weighted by Crippen LogP contribution is -1.99. The van der Waals surface area contributed by atoms with Gasteiger partial charge in [0.1, 0.15) is 10.2 Å². The number of aromatic nitrogens is 1. The molecule has 0 fully saturated rings. The van der Waals surface area contributed by atoms with Crippen molar-refractivity contribution in [2.45, 2.75) is 13.3 Å². The highest BCUT2D eigenvalue weighted by atomic mass is 79.9. The third-order valence-corrected chi connectivity index (χ3v) is 2.45. The molecule has 0 aliphatic carbocycles. The molecule has 0 aliphatic heterocycles. The molecule has 1 rings (SSSR count). The van der Waals surface area contributed by atoms with Gasteiger partial charge in [0, 0.05) is 6.20 Å². The molecule has 0 saturated heterocycles. The Morgan fingerprint density at radius 2 is 2.21 bits per heavy atom. The fraction of sp³-hybridized carbons (Fsp3) is 0.286. The largest absolute Gasteiger partial charge is 0.304 e. The molecule has 0 amide bonds. The van der Waals surface area contributed by atoms with Crippen molar-refractivity contribution in [3.8, 4) is 0 Å². The molecule has 1 aromatic rings. The zero-order valence-electron chi connectivity index (χ0n) is 7.00. The van der Waals surface area contributed by atoms with E-state index in [-0.39, 0.29) is 10.2 Å². The highest BCUT2D eigenvalue weighted by Gasteiger charge is 2.24. The summed E-state index contributed by atoms with van der Waals surface area (Å²) in [7, 11) is 0. The monoisotopic (exact) mass is 266 g/mol. The summed E-state index contributed by atoms with van der Waals surface area (Å²) in [5, 5.41) is 10.5. The summed E-state index contributed by atoms with van der Waals surface area (Å²) in [6.07, 6.45) is -1.85. The minimum Gasteiger partial charge on any atom is -0.258 e. The molecule has 0 aromatic carbocycles. The first-order valence-electron chi connectivity index (χ1n) is 3.52. The first kappa shape index (κ1) is 11.0. The molecule has 7 heteroatoms. The van der Waals surface area contributed by atoms with Gasteiger partial charge in [-0.2, -0.15) is 0 Å². The van der Waals surface area contributed by atoms with E-state index in [2.05, 4.69) is 20.9 Å². The molecule has 76 valence electrons. The Labute approximate surface area is 86.2 Å². The van der Waals surface area contributed by atoms with Gasteiger partial charge in [-0.05, 0) is 22.9 Å². The van der Waals surface area contributed by atoms with Gasteiger partial charge in [0.2, 0.25) is 0 Å². The number of rotatable bonds is 2.